The minimum Gasteiger partial charge on any atom is -0.372 e. The molecular formula is C22H31FN4O2S. The molecule has 164 valence electrons. The molecule has 0 radical (unpaired) electrons. The largest absolute Gasteiger partial charge is 0.372 e. The SMILES string of the molecule is CCNC(=NCCCN(C)c1ccccc1F)NCCc1ccc(S(C)(=O)=O)cc1. The number of benzene rings is 2. The zero-order valence-corrected chi connectivity index (χ0v) is 18.7. The Bertz CT molecular complexity index is 930. The highest BCUT2D eigenvalue weighted by atomic mass is 32.2. The average Bonchev–Trinajstić information content (AvgIpc) is 2.71. The third-order valence-electron chi connectivity index (χ3n) is 4.59. The van der Waals surface area contributed by atoms with Gasteiger partial charge in [-0.1, -0.05) is 24.3 Å². The van der Waals surface area contributed by atoms with Gasteiger partial charge in [-0.3, -0.25) is 4.99 Å². The summed E-state index contributed by atoms with van der Waals surface area (Å²) in [6.07, 6.45) is 2.76. The lowest BCUT2D eigenvalue weighted by Gasteiger charge is -2.19. The first-order chi connectivity index (χ1) is 14.3. The highest BCUT2D eigenvalue weighted by molar-refractivity contribution is 7.90. The topological polar surface area (TPSA) is 73.8 Å². The van der Waals surface area contributed by atoms with Gasteiger partial charge in [0.2, 0.25) is 0 Å². The van der Waals surface area contributed by atoms with Gasteiger partial charge < -0.3 is 15.5 Å². The van der Waals surface area contributed by atoms with Crippen LogP contribution >= 0.6 is 0 Å². The van der Waals surface area contributed by atoms with E-state index in [9.17, 15) is 12.8 Å². The van der Waals surface area contributed by atoms with Crippen LogP contribution in [0.3, 0.4) is 0 Å². The maximum absolute atomic E-state index is 13.8. The molecule has 6 nitrogen and oxygen atoms in total. The van der Waals surface area contributed by atoms with Crippen molar-refractivity contribution in [2.75, 3.05) is 44.4 Å². The smallest absolute Gasteiger partial charge is 0.191 e. The van der Waals surface area contributed by atoms with Crippen molar-refractivity contribution in [1.82, 2.24) is 10.6 Å². The summed E-state index contributed by atoms with van der Waals surface area (Å²) in [7, 11) is -1.29. The molecule has 0 aliphatic rings. The summed E-state index contributed by atoms with van der Waals surface area (Å²) in [5.74, 6) is 0.516. The van der Waals surface area contributed by atoms with E-state index in [-0.39, 0.29) is 5.82 Å². The lowest BCUT2D eigenvalue weighted by Crippen LogP contribution is -2.38. The molecule has 0 heterocycles. The molecule has 0 aliphatic heterocycles. The first-order valence-corrected chi connectivity index (χ1v) is 12.0. The van der Waals surface area contributed by atoms with Crippen LogP contribution in [-0.2, 0) is 16.3 Å². The Labute approximate surface area is 179 Å². The Balaban J connectivity index is 1.79. The molecule has 2 aromatic rings. The van der Waals surface area contributed by atoms with Crippen LogP contribution in [0, 0.1) is 5.82 Å². The zero-order chi connectivity index (χ0) is 22.0. The summed E-state index contributed by atoms with van der Waals surface area (Å²) >= 11 is 0. The minimum absolute atomic E-state index is 0.219. The Morgan fingerprint density at radius 2 is 1.80 bits per heavy atom. The fraction of sp³-hybridized carbons (Fsp3) is 0.409. The number of hydrogen-bond acceptors (Lipinski definition) is 4. The van der Waals surface area contributed by atoms with Gasteiger partial charge in [0.05, 0.1) is 10.6 Å². The quantitative estimate of drug-likeness (QED) is 0.342. The third-order valence-corrected chi connectivity index (χ3v) is 5.72. The van der Waals surface area contributed by atoms with E-state index in [4.69, 9.17) is 0 Å². The fourth-order valence-corrected chi connectivity index (χ4v) is 3.58. The summed E-state index contributed by atoms with van der Waals surface area (Å²) in [4.78, 5) is 6.80. The van der Waals surface area contributed by atoms with E-state index < -0.39 is 9.84 Å². The molecular weight excluding hydrogens is 403 g/mol. The first kappa shape index (κ1) is 23.7. The molecule has 0 saturated heterocycles. The number of nitrogens with zero attached hydrogens (tertiary/aromatic N) is 2. The molecule has 30 heavy (non-hydrogen) atoms. The monoisotopic (exact) mass is 434 g/mol. The molecule has 0 aliphatic carbocycles. The standard InChI is InChI=1S/C22H31FN4O2S/c1-4-24-22(25-15-7-17-27(2)21-9-6-5-8-20(21)23)26-16-14-18-10-12-19(13-11-18)30(3,28)29/h5-6,8-13H,4,7,14-17H2,1-3H3,(H2,24,25,26). The molecule has 0 saturated carbocycles. The number of anilines is 1. The maximum Gasteiger partial charge on any atom is 0.191 e. The van der Waals surface area contributed by atoms with Gasteiger partial charge in [0.15, 0.2) is 15.8 Å². The van der Waals surface area contributed by atoms with Crippen LogP contribution in [0.15, 0.2) is 58.4 Å². The van der Waals surface area contributed by atoms with Gasteiger partial charge in [-0.15, -0.1) is 0 Å². The van der Waals surface area contributed by atoms with Crippen molar-refractivity contribution in [3.8, 4) is 0 Å². The molecule has 0 fully saturated rings. The van der Waals surface area contributed by atoms with Crippen molar-refractivity contribution in [1.29, 1.82) is 0 Å². The van der Waals surface area contributed by atoms with Crippen LogP contribution in [0.5, 0.6) is 0 Å². The van der Waals surface area contributed by atoms with Gasteiger partial charge in [0, 0.05) is 39.5 Å². The molecule has 0 bridgehead atoms. The van der Waals surface area contributed by atoms with Gasteiger partial charge in [0.25, 0.3) is 0 Å². The van der Waals surface area contributed by atoms with Gasteiger partial charge in [-0.05, 0) is 49.6 Å². The van der Waals surface area contributed by atoms with Crippen molar-refractivity contribution in [3.63, 3.8) is 0 Å². The molecule has 2 N–H and O–H groups in total. The average molecular weight is 435 g/mol. The number of hydrogen-bond donors (Lipinski definition) is 2. The van der Waals surface area contributed by atoms with E-state index in [0.717, 1.165) is 30.9 Å². The van der Waals surface area contributed by atoms with Crippen LogP contribution < -0.4 is 15.5 Å². The second kappa shape index (κ2) is 11.5. The molecule has 0 unspecified atom stereocenters. The predicted molar refractivity (Wildman–Crippen MR) is 122 cm³/mol. The summed E-state index contributed by atoms with van der Waals surface area (Å²) < 4.78 is 36.9. The van der Waals surface area contributed by atoms with E-state index in [1.807, 2.05) is 37.1 Å². The number of guanidine groups is 1. The lowest BCUT2D eigenvalue weighted by atomic mass is 10.1. The van der Waals surface area contributed by atoms with Gasteiger partial charge in [0.1, 0.15) is 5.82 Å². The Morgan fingerprint density at radius 3 is 2.43 bits per heavy atom. The zero-order valence-electron chi connectivity index (χ0n) is 17.9. The Morgan fingerprint density at radius 1 is 1.10 bits per heavy atom. The molecule has 0 aromatic heterocycles. The van der Waals surface area contributed by atoms with Gasteiger partial charge in [-0.2, -0.15) is 0 Å². The van der Waals surface area contributed by atoms with Crippen molar-refractivity contribution < 1.29 is 12.8 Å². The fourth-order valence-electron chi connectivity index (χ4n) is 2.95. The number of nitrogens with one attached hydrogen (secondary N) is 2. The van der Waals surface area contributed by atoms with E-state index in [1.165, 1.54) is 12.3 Å². The summed E-state index contributed by atoms with van der Waals surface area (Å²) in [5.41, 5.74) is 1.64. The normalized spacial score (nSPS) is 11.9. The Hall–Kier alpha value is -2.61. The molecule has 0 amide bonds. The maximum atomic E-state index is 13.8. The second-order valence-electron chi connectivity index (χ2n) is 7.08. The number of halogens is 1. The van der Waals surface area contributed by atoms with E-state index in [2.05, 4.69) is 15.6 Å². The summed E-state index contributed by atoms with van der Waals surface area (Å²) in [6, 6.07) is 13.7. The van der Waals surface area contributed by atoms with Crippen LogP contribution in [0.25, 0.3) is 0 Å². The molecule has 2 rings (SSSR count). The number of rotatable bonds is 10. The highest BCUT2D eigenvalue weighted by Gasteiger charge is 2.07. The van der Waals surface area contributed by atoms with Gasteiger partial charge in [-0.25, -0.2) is 12.8 Å². The van der Waals surface area contributed by atoms with Crippen molar-refractivity contribution in [3.05, 3.63) is 59.9 Å². The van der Waals surface area contributed by atoms with Crippen molar-refractivity contribution in [2.24, 2.45) is 4.99 Å². The van der Waals surface area contributed by atoms with E-state index in [0.29, 0.717) is 30.2 Å². The van der Waals surface area contributed by atoms with Crippen LogP contribution in [-0.4, -0.2) is 53.9 Å². The van der Waals surface area contributed by atoms with Crippen LogP contribution in [0.2, 0.25) is 0 Å². The predicted octanol–water partition coefficient (Wildman–Crippen LogP) is 2.85. The van der Waals surface area contributed by atoms with Crippen LogP contribution in [0.4, 0.5) is 10.1 Å². The van der Waals surface area contributed by atoms with Gasteiger partial charge >= 0.3 is 0 Å². The molecule has 2 aromatic carbocycles. The summed E-state index contributed by atoms with van der Waals surface area (Å²) in [6.45, 7) is 4.77. The summed E-state index contributed by atoms with van der Waals surface area (Å²) in [5, 5.41) is 6.50. The van der Waals surface area contributed by atoms with E-state index >= 15 is 0 Å². The second-order valence-corrected chi connectivity index (χ2v) is 9.10. The van der Waals surface area contributed by atoms with Crippen LogP contribution in [0.1, 0.15) is 18.9 Å². The molecule has 0 atom stereocenters. The number of sulfone groups is 1. The van der Waals surface area contributed by atoms with Crippen molar-refractivity contribution in [2.45, 2.75) is 24.7 Å². The lowest BCUT2D eigenvalue weighted by molar-refractivity contribution is 0.602. The Kier molecular flexibility index (Phi) is 9.11. The number of aliphatic imine (C=N–C) groups is 1. The molecule has 0 spiro atoms. The minimum atomic E-state index is -3.17. The number of para-hydroxylation sites is 1. The molecule has 8 heteroatoms. The van der Waals surface area contributed by atoms with Crippen molar-refractivity contribution >= 4 is 21.5 Å². The van der Waals surface area contributed by atoms with E-state index in [1.54, 1.807) is 24.3 Å². The third kappa shape index (κ3) is 7.67. The highest BCUT2D eigenvalue weighted by Crippen LogP contribution is 2.17. The first-order valence-electron chi connectivity index (χ1n) is 10.1.